The Bertz CT molecular complexity index is 808. The molecule has 120 valence electrons. The van der Waals surface area contributed by atoms with Crippen LogP contribution in [0.4, 0.5) is 0 Å². The molecule has 0 saturated carbocycles. The lowest BCUT2D eigenvalue weighted by Crippen LogP contribution is -2.02. The van der Waals surface area contributed by atoms with Gasteiger partial charge in [-0.1, -0.05) is 11.8 Å². The van der Waals surface area contributed by atoms with Crippen molar-refractivity contribution in [2.24, 2.45) is 0 Å². The van der Waals surface area contributed by atoms with E-state index >= 15 is 0 Å². The number of aromatic nitrogens is 3. The fraction of sp³-hybridized carbons (Fsp3) is 0.286. The van der Waals surface area contributed by atoms with E-state index < -0.39 is 5.97 Å². The van der Waals surface area contributed by atoms with Gasteiger partial charge < -0.3 is 13.6 Å². The summed E-state index contributed by atoms with van der Waals surface area (Å²) in [4.78, 5) is 15.9. The molecule has 0 saturated heterocycles. The Morgan fingerprint density at radius 3 is 3.04 bits per heavy atom. The maximum Gasteiger partial charge on any atom is 0.374 e. The van der Waals surface area contributed by atoms with Crippen LogP contribution in [-0.2, 0) is 16.9 Å². The van der Waals surface area contributed by atoms with Gasteiger partial charge >= 0.3 is 5.97 Å². The van der Waals surface area contributed by atoms with E-state index in [0.717, 1.165) is 16.3 Å². The first-order valence-electron chi connectivity index (χ1n) is 6.66. The second-order valence-corrected chi connectivity index (χ2v) is 6.54. The van der Waals surface area contributed by atoms with E-state index in [9.17, 15) is 4.79 Å². The molecule has 3 aromatic rings. The van der Waals surface area contributed by atoms with Gasteiger partial charge in [0.1, 0.15) is 0 Å². The van der Waals surface area contributed by atoms with Gasteiger partial charge in [0, 0.05) is 16.7 Å². The number of nitrogens with zero attached hydrogens (tertiary/aromatic N) is 3. The van der Waals surface area contributed by atoms with Gasteiger partial charge in [0.25, 0.3) is 5.22 Å². The molecule has 0 atom stereocenters. The summed E-state index contributed by atoms with van der Waals surface area (Å²) in [5.74, 6) is 0.671. The van der Waals surface area contributed by atoms with Crippen molar-refractivity contribution < 1.29 is 18.4 Å². The fourth-order valence-corrected chi connectivity index (χ4v) is 3.25. The van der Waals surface area contributed by atoms with Crippen LogP contribution >= 0.6 is 23.1 Å². The van der Waals surface area contributed by atoms with Crippen LogP contribution in [-0.4, -0.2) is 28.3 Å². The van der Waals surface area contributed by atoms with Gasteiger partial charge in [-0.2, -0.15) is 0 Å². The average molecular weight is 351 g/mol. The number of methoxy groups -OCH3 is 1. The second-order valence-electron chi connectivity index (χ2n) is 4.55. The third-order valence-corrected chi connectivity index (χ3v) is 4.61. The zero-order valence-corrected chi connectivity index (χ0v) is 14.1. The van der Waals surface area contributed by atoms with Crippen molar-refractivity contribution in [2.45, 2.75) is 24.3 Å². The number of hydrogen-bond donors (Lipinski definition) is 0. The molecule has 0 aromatic carbocycles. The van der Waals surface area contributed by atoms with Crippen molar-refractivity contribution in [1.29, 1.82) is 0 Å². The summed E-state index contributed by atoms with van der Waals surface area (Å²) >= 11 is 2.92. The Morgan fingerprint density at radius 2 is 2.30 bits per heavy atom. The smallest absolute Gasteiger partial charge is 0.374 e. The van der Waals surface area contributed by atoms with Crippen LogP contribution in [0.3, 0.4) is 0 Å². The monoisotopic (exact) mass is 351 g/mol. The van der Waals surface area contributed by atoms with Gasteiger partial charge in [-0.05, 0) is 13.0 Å². The molecule has 3 heterocycles. The first-order valence-corrected chi connectivity index (χ1v) is 8.53. The van der Waals surface area contributed by atoms with Crippen molar-refractivity contribution in [3.8, 4) is 0 Å². The minimum absolute atomic E-state index is 0.192. The first kappa shape index (κ1) is 15.8. The van der Waals surface area contributed by atoms with Crippen molar-refractivity contribution >= 4 is 29.1 Å². The maximum atomic E-state index is 11.5. The third-order valence-electron chi connectivity index (χ3n) is 2.92. The van der Waals surface area contributed by atoms with E-state index in [2.05, 4.69) is 19.9 Å². The fourth-order valence-electron chi connectivity index (χ4n) is 1.87. The highest BCUT2D eigenvalue weighted by molar-refractivity contribution is 7.98. The number of hydrogen-bond acceptors (Lipinski definition) is 9. The first-order chi connectivity index (χ1) is 11.2. The lowest BCUT2D eigenvalue weighted by atomic mass is 10.3. The number of thiazole rings is 1. The molecule has 3 rings (SSSR count). The Morgan fingerprint density at radius 1 is 1.43 bits per heavy atom. The Labute approximate surface area is 140 Å². The van der Waals surface area contributed by atoms with Crippen LogP contribution in [0.5, 0.6) is 0 Å². The highest BCUT2D eigenvalue weighted by Crippen LogP contribution is 2.25. The predicted molar refractivity (Wildman–Crippen MR) is 83.6 cm³/mol. The topological polar surface area (TPSA) is 91.2 Å². The minimum Gasteiger partial charge on any atom is -0.463 e. The number of rotatable bonds is 6. The number of aryl methyl sites for hydroxylation is 1. The molecular formula is C14H13N3O4S2. The van der Waals surface area contributed by atoms with E-state index in [1.54, 1.807) is 17.4 Å². The van der Waals surface area contributed by atoms with Crippen LogP contribution in [0.2, 0.25) is 0 Å². The highest BCUT2D eigenvalue weighted by Gasteiger charge is 2.17. The molecule has 7 nitrogen and oxygen atoms in total. The summed E-state index contributed by atoms with van der Waals surface area (Å²) in [7, 11) is 1.31. The molecule has 0 amide bonds. The molecule has 0 aliphatic rings. The van der Waals surface area contributed by atoms with E-state index in [1.807, 2.05) is 12.3 Å². The maximum absolute atomic E-state index is 11.5. The molecule has 0 aliphatic carbocycles. The van der Waals surface area contributed by atoms with E-state index in [0.29, 0.717) is 23.3 Å². The van der Waals surface area contributed by atoms with E-state index in [1.165, 1.54) is 25.1 Å². The number of carbonyl (C=O) groups is 1. The third kappa shape index (κ3) is 3.80. The van der Waals surface area contributed by atoms with E-state index in [4.69, 9.17) is 8.83 Å². The van der Waals surface area contributed by atoms with Crippen molar-refractivity contribution in [2.75, 3.05) is 7.11 Å². The number of carbonyl (C=O) groups excluding carboxylic acids is 1. The van der Waals surface area contributed by atoms with Gasteiger partial charge in [0.05, 0.1) is 30.5 Å². The van der Waals surface area contributed by atoms with E-state index in [-0.39, 0.29) is 5.76 Å². The molecule has 3 aromatic heterocycles. The summed E-state index contributed by atoms with van der Waals surface area (Å²) in [6.45, 7) is 1.95. The molecule has 0 unspecified atom stereocenters. The highest BCUT2D eigenvalue weighted by atomic mass is 32.2. The number of thioether (sulfide) groups is 1. The largest absolute Gasteiger partial charge is 0.463 e. The van der Waals surface area contributed by atoms with Gasteiger partial charge in [-0.3, -0.25) is 0 Å². The summed E-state index contributed by atoms with van der Waals surface area (Å²) in [5.41, 5.74) is 1.63. The van der Waals surface area contributed by atoms with Crippen LogP contribution in [0.25, 0.3) is 0 Å². The van der Waals surface area contributed by atoms with Gasteiger partial charge in [-0.25, -0.2) is 9.78 Å². The summed E-state index contributed by atoms with van der Waals surface area (Å²) in [6.07, 6.45) is 1.96. The van der Waals surface area contributed by atoms with Crippen LogP contribution in [0, 0.1) is 6.92 Å². The minimum atomic E-state index is -0.504. The Balaban J connectivity index is 1.61. The Kier molecular flexibility index (Phi) is 4.77. The Hall–Kier alpha value is -2.13. The predicted octanol–water partition coefficient (Wildman–Crippen LogP) is 3.10. The normalized spacial score (nSPS) is 10.9. The standard InChI is InChI=1S/C14H13N3O4S2/c1-8-15-10(7-22-8)5-11-16-17-14(21-11)23-6-9-3-4-20-12(9)13(18)19-2/h3-4,7H,5-6H2,1-2H3. The molecule has 0 bridgehead atoms. The molecule has 0 N–H and O–H groups in total. The van der Waals surface area contributed by atoms with Crippen molar-refractivity contribution in [3.05, 3.63) is 45.6 Å². The summed E-state index contributed by atoms with van der Waals surface area (Å²) in [6, 6.07) is 1.72. The van der Waals surface area contributed by atoms with Gasteiger partial charge in [0.2, 0.25) is 11.7 Å². The lowest BCUT2D eigenvalue weighted by molar-refractivity contribution is 0.0564. The molecular weight excluding hydrogens is 338 g/mol. The molecule has 0 radical (unpaired) electrons. The lowest BCUT2D eigenvalue weighted by Gasteiger charge is -1.98. The second kappa shape index (κ2) is 6.97. The van der Waals surface area contributed by atoms with Crippen molar-refractivity contribution in [3.63, 3.8) is 0 Å². The van der Waals surface area contributed by atoms with Crippen molar-refractivity contribution in [1.82, 2.24) is 15.2 Å². The zero-order chi connectivity index (χ0) is 16.2. The molecule has 0 spiro atoms. The SMILES string of the molecule is COC(=O)c1occc1CSc1nnc(Cc2csc(C)n2)o1. The van der Waals surface area contributed by atoms with Gasteiger partial charge in [-0.15, -0.1) is 21.5 Å². The van der Waals surface area contributed by atoms with Crippen LogP contribution < -0.4 is 0 Å². The number of esters is 1. The molecule has 0 aliphatic heterocycles. The zero-order valence-electron chi connectivity index (χ0n) is 12.4. The molecule has 0 fully saturated rings. The summed E-state index contributed by atoms with van der Waals surface area (Å²) < 4.78 is 15.4. The number of furan rings is 1. The van der Waals surface area contributed by atoms with Crippen LogP contribution in [0.1, 0.15) is 32.7 Å². The average Bonchev–Trinajstić information content (AvgIpc) is 3.26. The van der Waals surface area contributed by atoms with Gasteiger partial charge in [0.15, 0.2) is 0 Å². The molecule has 23 heavy (non-hydrogen) atoms. The summed E-state index contributed by atoms with van der Waals surface area (Å²) in [5, 5.41) is 11.4. The molecule has 9 heteroatoms. The quantitative estimate of drug-likeness (QED) is 0.494. The number of ether oxygens (including phenoxy) is 1. The van der Waals surface area contributed by atoms with Crippen LogP contribution in [0.15, 0.2) is 31.8 Å².